The Labute approximate surface area is 194 Å². The molecule has 0 unspecified atom stereocenters. The van der Waals surface area contributed by atoms with E-state index >= 15 is 0 Å². The van der Waals surface area contributed by atoms with E-state index in [0.29, 0.717) is 29.1 Å². The number of alkyl halides is 3. The predicted octanol–water partition coefficient (Wildman–Crippen LogP) is 2.87. The minimum Gasteiger partial charge on any atom is -0.471 e. The molecule has 0 amide bonds. The van der Waals surface area contributed by atoms with Crippen molar-refractivity contribution in [3.63, 3.8) is 0 Å². The highest BCUT2D eigenvalue weighted by Gasteiger charge is 2.20. The quantitative estimate of drug-likeness (QED) is 0.307. The van der Waals surface area contributed by atoms with Gasteiger partial charge in [-0.05, 0) is 28.6 Å². The Balaban J connectivity index is 1.36. The molecule has 12 nitrogen and oxygen atoms in total. The molecule has 0 N–H and O–H groups in total. The second kappa shape index (κ2) is 9.66. The van der Waals surface area contributed by atoms with Crippen molar-refractivity contribution in [2.24, 2.45) is 0 Å². The summed E-state index contributed by atoms with van der Waals surface area (Å²) < 4.78 is 52.4. The Morgan fingerprint density at radius 3 is 2.77 bits per heavy atom. The monoisotopic (exact) mass is 484 g/mol. The summed E-state index contributed by atoms with van der Waals surface area (Å²) in [4.78, 5) is 12.5. The number of aromatic nitrogens is 10. The van der Waals surface area contributed by atoms with Crippen molar-refractivity contribution in [3.8, 4) is 28.7 Å². The highest BCUT2D eigenvalue weighted by Crippen LogP contribution is 2.27. The highest BCUT2D eigenvalue weighted by atomic mass is 19.3. The van der Waals surface area contributed by atoms with Gasteiger partial charge >= 0.3 is 0 Å². The van der Waals surface area contributed by atoms with E-state index in [1.54, 1.807) is 18.3 Å². The van der Waals surface area contributed by atoms with E-state index in [0.717, 1.165) is 10.9 Å². The fraction of sp³-hybridized carbons (Fsp3) is 0.200. The highest BCUT2D eigenvalue weighted by molar-refractivity contribution is 5.61. The van der Waals surface area contributed by atoms with Crippen LogP contribution in [0.3, 0.4) is 0 Å². The third kappa shape index (κ3) is 4.83. The van der Waals surface area contributed by atoms with Gasteiger partial charge in [0, 0.05) is 29.6 Å². The second-order valence-corrected chi connectivity index (χ2v) is 7.11. The molecule has 15 heteroatoms. The molecule has 0 spiro atoms. The fourth-order valence-electron chi connectivity index (χ4n) is 3.17. The van der Waals surface area contributed by atoms with E-state index in [-0.39, 0.29) is 29.8 Å². The Hall–Kier alpha value is -4.69. The van der Waals surface area contributed by atoms with Crippen LogP contribution in [0.1, 0.15) is 23.4 Å². The Bertz CT molecular complexity index is 1400. The smallest absolute Gasteiger partial charge is 0.265 e. The minimum absolute atomic E-state index is 0.0880. The van der Waals surface area contributed by atoms with Gasteiger partial charge in [-0.25, -0.2) is 27.5 Å². The van der Waals surface area contributed by atoms with Gasteiger partial charge in [0.1, 0.15) is 12.9 Å². The van der Waals surface area contributed by atoms with Gasteiger partial charge in [-0.15, -0.1) is 5.10 Å². The van der Waals surface area contributed by atoms with Crippen molar-refractivity contribution in [2.75, 3.05) is 0 Å². The van der Waals surface area contributed by atoms with Crippen molar-refractivity contribution in [1.29, 1.82) is 0 Å². The van der Waals surface area contributed by atoms with Crippen LogP contribution in [-0.4, -0.2) is 50.1 Å². The summed E-state index contributed by atoms with van der Waals surface area (Å²) in [5, 5.41) is 19.0. The predicted molar refractivity (Wildman–Crippen MR) is 110 cm³/mol. The third-order valence-corrected chi connectivity index (χ3v) is 4.88. The summed E-state index contributed by atoms with van der Waals surface area (Å²) in [5.41, 5.74) is 1.73. The summed E-state index contributed by atoms with van der Waals surface area (Å²) in [6.45, 7) is -0.742. The van der Waals surface area contributed by atoms with Crippen molar-refractivity contribution in [2.45, 2.75) is 26.4 Å². The van der Waals surface area contributed by atoms with E-state index in [1.165, 1.54) is 29.3 Å². The lowest BCUT2D eigenvalue weighted by atomic mass is 10.2. The zero-order chi connectivity index (χ0) is 24.2. The van der Waals surface area contributed by atoms with Gasteiger partial charge in [0.2, 0.25) is 11.7 Å². The number of hydrogen-bond donors (Lipinski definition) is 0. The Morgan fingerprint density at radius 2 is 2.03 bits per heavy atom. The van der Waals surface area contributed by atoms with Crippen molar-refractivity contribution in [3.05, 3.63) is 66.1 Å². The van der Waals surface area contributed by atoms with E-state index in [2.05, 4.69) is 40.7 Å². The molecular weight excluding hydrogens is 469 g/mol. The average molecular weight is 484 g/mol. The maximum Gasteiger partial charge on any atom is 0.265 e. The molecule has 0 aliphatic heterocycles. The maximum absolute atomic E-state index is 13.5. The molecule has 0 aliphatic carbocycles. The van der Waals surface area contributed by atoms with Crippen LogP contribution < -0.4 is 4.74 Å². The van der Waals surface area contributed by atoms with E-state index in [9.17, 15) is 13.2 Å². The molecule has 0 bridgehead atoms. The average Bonchev–Trinajstić information content (AvgIpc) is 3.64. The van der Waals surface area contributed by atoms with Crippen LogP contribution in [0, 0.1) is 0 Å². The second-order valence-electron chi connectivity index (χ2n) is 7.11. The fourth-order valence-corrected chi connectivity index (χ4v) is 3.17. The lowest BCUT2D eigenvalue weighted by Gasteiger charge is -2.08. The van der Waals surface area contributed by atoms with Crippen LogP contribution in [0.5, 0.6) is 5.88 Å². The first kappa shape index (κ1) is 22.1. The summed E-state index contributed by atoms with van der Waals surface area (Å²) in [6, 6.07) is 5.98. The van der Waals surface area contributed by atoms with Gasteiger partial charge in [-0.1, -0.05) is 5.16 Å². The number of pyridine rings is 2. The molecule has 0 saturated heterocycles. The lowest BCUT2D eigenvalue weighted by Crippen LogP contribution is -2.07. The number of nitrogens with zero attached hydrogens (tertiary/aromatic N) is 10. The van der Waals surface area contributed by atoms with Gasteiger partial charge in [0.15, 0.2) is 6.80 Å². The Kier molecular flexibility index (Phi) is 6.11. The van der Waals surface area contributed by atoms with Crippen LogP contribution in [0.4, 0.5) is 13.2 Å². The standard InChI is InChI=1S/C20H15F3N10O2/c21-10-33-16(9-34-17-2-1-13(6-25-17)18(22)23)15(7-27-33)20-28-19(29-35-20)12-3-4-24-14(5-12)8-32-11-26-30-31-32/h1-7,11,18H,8-10H2. The normalized spacial score (nSPS) is 11.3. The number of ether oxygens (including phenoxy) is 1. The zero-order valence-corrected chi connectivity index (χ0v) is 17.7. The summed E-state index contributed by atoms with van der Waals surface area (Å²) in [5.74, 6) is 0.465. The van der Waals surface area contributed by atoms with Crippen LogP contribution >= 0.6 is 0 Å². The molecular formula is C20H15F3N10O2. The van der Waals surface area contributed by atoms with Crippen LogP contribution in [0.2, 0.25) is 0 Å². The molecule has 0 fully saturated rings. The molecule has 5 heterocycles. The number of halogens is 3. The van der Waals surface area contributed by atoms with Gasteiger partial charge in [-0.3, -0.25) is 4.98 Å². The number of hydrogen-bond acceptors (Lipinski definition) is 10. The summed E-state index contributed by atoms with van der Waals surface area (Å²) in [6.07, 6.45) is 2.81. The minimum atomic E-state index is -2.64. The van der Waals surface area contributed by atoms with Crippen LogP contribution in [0.15, 0.2) is 53.7 Å². The molecule has 0 saturated carbocycles. The van der Waals surface area contributed by atoms with Crippen molar-refractivity contribution >= 4 is 0 Å². The molecule has 0 atom stereocenters. The zero-order valence-electron chi connectivity index (χ0n) is 17.7. The van der Waals surface area contributed by atoms with Crippen LogP contribution in [-0.2, 0) is 20.0 Å². The summed E-state index contributed by atoms with van der Waals surface area (Å²) >= 11 is 0. The SMILES string of the molecule is FCn1ncc(-c2nc(-c3ccnc(Cn4cnnn4)c3)no2)c1COc1ccc(C(F)F)cn1. The third-order valence-electron chi connectivity index (χ3n) is 4.88. The molecule has 5 aromatic rings. The first-order valence-electron chi connectivity index (χ1n) is 10.1. The van der Waals surface area contributed by atoms with E-state index in [1.807, 2.05) is 0 Å². The number of rotatable bonds is 9. The van der Waals surface area contributed by atoms with Gasteiger partial charge < -0.3 is 9.26 Å². The van der Waals surface area contributed by atoms with Gasteiger partial charge in [-0.2, -0.15) is 10.1 Å². The van der Waals surface area contributed by atoms with Crippen molar-refractivity contribution < 1.29 is 22.4 Å². The van der Waals surface area contributed by atoms with E-state index in [4.69, 9.17) is 9.26 Å². The molecule has 5 rings (SSSR count). The first-order chi connectivity index (χ1) is 17.1. The van der Waals surface area contributed by atoms with Crippen molar-refractivity contribution in [1.82, 2.24) is 50.1 Å². The maximum atomic E-state index is 13.5. The van der Waals surface area contributed by atoms with Gasteiger partial charge in [0.05, 0.1) is 29.7 Å². The van der Waals surface area contributed by atoms with Crippen LogP contribution in [0.25, 0.3) is 22.8 Å². The molecule has 0 aromatic carbocycles. The largest absolute Gasteiger partial charge is 0.471 e. The van der Waals surface area contributed by atoms with Gasteiger partial charge in [0.25, 0.3) is 12.3 Å². The molecule has 0 aliphatic rings. The van der Waals surface area contributed by atoms with E-state index < -0.39 is 13.2 Å². The topological polar surface area (TPSA) is 135 Å². The number of tetrazole rings is 1. The summed E-state index contributed by atoms with van der Waals surface area (Å²) in [7, 11) is 0. The first-order valence-corrected chi connectivity index (χ1v) is 10.1. The molecule has 5 aromatic heterocycles. The molecule has 35 heavy (non-hydrogen) atoms. The Morgan fingerprint density at radius 1 is 1.11 bits per heavy atom. The lowest BCUT2D eigenvalue weighted by molar-refractivity contribution is 0.150. The molecule has 0 radical (unpaired) electrons. The molecule has 178 valence electrons.